The first kappa shape index (κ1) is 21.0. The molecule has 3 N–H and O–H groups in total. The molecule has 30 heavy (non-hydrogen) atoms. The number of nitrogens with one attached hydrogen (secondary N) is 1. The van der Waals surface area contributed by atoms with Gasteiger partial charge in [-0.05, 0) is 37.1 Å². The first-order chi connectivity index (χ1) is 14.5. The Kier molecular flexibility index (Phi) is 6.75. The number of aromatic nitrogens is 2. The standard InChI is InChI=1S/C20H19F2N5O3/c1-2-3-6-29-18-10-24-16(9-25-18)19(28)27-12-4-5-15(22)13(7-12)14-8-17(14)30-20(23)26-11-21/h4-5,7,9-10,14,17H,6,8,11H2,1H3,(H2,23,26)(H,27,28)/t14-,17-/m1/s1. The van der Waals surface area contributed by atoms with Crippen molar-refractivity contribution in [3.8, 4) is 17.7 Å². The lowest BCUT2D eigenvalue weighted by atomic mass is 10.1. The van der Waals surface area contributed by atoms with Crippen molar-refractivity contribution in [2.75, 3.05) is 18.7 Å². The molecule has 1 amide bonds. The van der Waals surface area contributed by atoms with Gasteiger partial charge >= 0.3 is 0 Å². The number of carbonyl (C=O) groups excluding carboxylic acids is 1. The Hall–Kier alpha value is -3.74. The quantitative estimate of drug-likeness (QED) is 0.311. The number of amidine groups is 1. The average Bonchev–Trinajstić information content (AvgIpc) is 3.49. The minimum absolute atomic E-state index is 0.0673. The molecule has 0 saturated heterocycles. The van der Waals surface area contributed by atoms with E-state index in [0.29, 0.717) is 17.7 Å². The van der Waals surface area contributed by atoms with Crippen LogP contribution < -0.4 is 15.8 Å². The van der Waals surface area contributed by atoms with Gasteiger partial charge in [-0.1, -0.05) is 5.92 Å². The monoisotopic (exact) mass is 415 g/mol. The molecule has 8 nitrogen and oxygen atoms in total. The van der Waals surface area contributed by atoms with Crippen LogP contribution in [0.5, 0.6) is 5.88 Å². The highest BCUT2D eigenvalue weighted by atomic mass is 19.1. The first-order valence-corrected chi connectivity index (χ1v) is 8.99. The summed E-state index contributed by atoms with van der Waals surface area (Å²) in [5.41, 5.74) is 6.23. The van der Waals surface area contributed by atoms with Crippen LogP contribution in [0.2, 0.25) is 0 Å². The van der Waals surface area contributed by atoms with Gasteiger partial charge in [0.2, 0.25) is 5.88 Å². The SMILES string of the molecule is CC#CCOc1cnc(C(=O)Nc2ccc(F)c([C@H]3C[C@H]3O/C(N)=N\CF)c2)cn1. The summed E-state index contributed by atoms with van der Waals surface area (Å²) in [4.78, 5) is 23.7. The van der Waals surface area contributed by atoms with Crippen LogP contribution >= 0.6 is 0 Å². The molecule has 0 unspecified atom stereocenters. The Balaban J connectivity index is 1.63. The van der Waals surface area contributed by atoms with E-state index in [2.05, 4.69) is 32.1 Å². The second-order valence-electron chi connectivity index (χ2n) is 6.26. The number of aliphatic imine (C=N–C) groups is 1. The van der Waals surface area contributed by atoms with Gasteiger partial charge in [-0.3, -0.25) is 4.79 Å². The molecule has 1 aliphatic rings. The van der Waals surface area contributed by atoms with Crippen molar-refractivity contribution < 1.29 is 23.0 Å². The van der Waals surface area contributed by atoms with E-state index in [4.69, 9.17) is 15.2 Å². The Morgan fingerprint density at radius 3 is 2.93 bits per heavy atom. The highest BCUT2D eigenvalue weighted by molar-refractivity contribution is 6.02. The minimum atomic E-state index is -0.984. The van der Waals surface area contributed by atoms with E-state index in [1.807, 2.05) is 0 Å². The molecule has 2 atom stereocenters. The molecule has 1 aromatic carbocycles. The number of nitrogens with zero attached hydrogens (tertiary/aromatic N) is 3. The second kappa shape index (κ2) is 9.65. The Morgan fingerprint density at radius 2 is 2.23 bits per heavy atom. The first-order valence-electron chi connectivity index (χ1n) is 8.99. The Bertz CT molecular complexity index is 1000. The predicted octanol–water partition coefficient (Wildman–Crippen LogP) is 2.38. The molecule has 1 aromatic heterocycles. The van der Waals surface area contributed by atoms with Crippen LogP contribution in [0.25, 0.3) is 0 Å². The number of anilines is 1. The maximum atomic E-state index is 14.2. The van der Waals surface area contributed by atoms with Gasteiger partial charge in [-0.2, -0.15) is 0 Å². The van der Waals surface area contributed by atoms with Crippen molar-refractivity contribution in [3.63, 3.8) is 0 Å². The summed E-state index contributed by atoms with van der Waals surface area (Å²) in [6.07, 6.45) is 2.70. The predicted molar refractivity (Wildman–Crippen MR) is 105 cm³/mol. The van der Waals surface area contributed by atoms with E-state index in [0.717, 1.165) is 0 Å². The van der Waals surface area contributed by atoms with Gasteiger partial charge in [0.05, 0.1) is 12.4 Å². The van der Waals surface area contributed by atoms with Crippen molar-refractivity contribution in [1.82, 2.24) is 9.97 Å². The lowest BCUT2D eigenvalue weighted by Crippen LogP contribution is -2.18. The lowest BCUT2D eigenvalue weighted by molar-refractivity contribution is 0.102. The smallest absolute Gasteiger partial charge is 0.284 e. The van der Waals surface area contributed by atoms with Gasteiger partial charge < -0.3 is 20.5 Å². The average molecular weight is 415 g/mol. The summed E-state index contributed by atoms with van der Waals surface area (Å²) < 4.78 is 36.9. The lowest BCUT2D eigenvalue weighted by Gasteiger charge is -2.09. The van der Waals surface area contributed by atoms with Gasteiger partial charge in [0.15, 0.2) is 13.4 Å². The number of benzene rings is 1. The van der Waals surface area contributed by atoms with Crippen LogP contribution in [0.1, 0.15) is 35.3 Å². The van der Waals surface area contributed by atoms with E-state index in [1.54, 1.807) is 6.92 Å². The number of carbonyl (C=O) groups is 1. The van der Waals surface area contributed by atoms with Crippen LogP contribution in [0, 0.1) is 17.7 Å². The molecule has 0 radical (unpaired) electrons. The van der Waals surface area contributed by atoms with Crippen molar-refractivity contribution >= 4 is 17.6 Å². The minimum Gasteiger partial charge on any atom is -0.463 e. The van der Waals surface area contributed by atoms with Crippen LogP contribution in [-0.4, -0.2) is 41.4 Å². The summed E-state index contributed by atoms with van der Waals surface area (Å²) in [6, 6.07) is 3.92. The van der Waals surface area contributed by atoms with E-state index >= 15 is 0 Å². The van der Waals surface area contributed by atoms with Crippen LogP contribution in [0.4, 0.5) is 14.5 Å². The molecule has 156 valence electrons. The van der Waals surface area contributed by atoms with Gasteiger partial charge in [0, 0.05) is 11.6 Å². The molecular formula is C20H19F2N5O3. The van der Waals surface area contributed by atoms with Crippen LogP contribution in [0.3, 0.4) is 0 Å². The zero-order valence-electron chi connectivity index (χ0n) is 16.1. The summed E-state index contributed by atoms with van der Waals surface area (Å²) in [5, 5.41) is 2.65. The van der Waals surface area contributed by atoms with Gasteiger partial charge in [0.1, 0.15) is 17.6 Å². The topological polar surface area (TPSA) is 112 Å². The molecule has 0 aliphatic heterocycles. The molecule has 0 spiro atoms. The number of ether oxygens (including phenoxy) is 2. The summed E-state index contributed by atoms with van der Waals surface area (Å²) in [6.45, 7) is 0.879. The fourth-order valence-corrected chi connectivity index (χ4v) is 2.67. The van der Waals surface area contributed by atoms with E-state index < -0.39 is 24.6 Å². The molecule has 3 rings (SSSR count). The number of hydrogen-bond acceptors (Lipinski definition) is 6. The fraction of sp³-hybridized carbons (Fsp3) is 0.300. The second-order valence-corrected chi connectivity index (χ2v) is 6.26. The van der Waals surface area contributed by atoms with Crippen LogP contribution in [0.15, 0.2) is 35.6 Å². The fourth-order valence-electron chi connectivity index (χ4n) is 2.67. The highest BCUT2D eigenvalue weighted by Crippen LogP contribution is 2.45. The van der Waals surface area contributed by atoms with Gasteiger partial charge in [-0.15, -0.1) is 5.92 Å². The molecule has 1 saturated carbocycles. The molecular weight excluding hydrogens is 396 g/mol. The van der Waals surface area contributed by atoms with Crippen molar-refractivity contribution in [2.24, 2.45) is 10.7 Å². The number of hydrogen-bond donors (Lipinski definition) is 2. The summed E-state index contributed by atoms with van der Waals surface area (Å²) in [7, 11) is 0. The molecule has 2 aromatic rings. The zero-order valence-corrected chi connectivity index (χ0v) is 16.1. The molecule has 0 bridgehead atoms. The summed E-state index contributed by atoms with van der Waals surface area (Å²) >= 11 is 0. The number of alkyl halides is 1. The third-order valence-electron chi connectivity index (χ3n) is 4.20. The van der Waals surface area contributed by atoms with E-state index in [1.165, 1.54) is 30.6 Å². The summed E-state index contributed by atoms with van der Waals surface area (Å²) in [5.74, 6) is 4.43. The molecule has 10 heteroatoms. The van der Waals surface area contributed by atoms with Gasteiger partial charge in [0.25, 0.3) is 11.9 Å². The maximum Gasteiger partial charge on any atom is 0.284 e. The molecule has 1 aliphatic carbocycles. The van der Waals surface area contributed by atoms with Crippen molar-refractivity contribution in [3.05, 3.63) is 47.7 Å². The van der Waals surface area contributed by atoms with Crippen molar-refractivity contribution in [2.45, 2.75) is 25.4 Å². The van der Waals surface area contributed by atoms with E-state index in [9.17, 15) is 13.6 Å². The zero-order chi connectivity index (χ0) is 21.5. The van der Waals surface area contributed by atoms with Crippen LogP contribution in [-0.2, 0) is 4.74 Å². The highest BCUT2D eigenvalue weighted by Gasteiger charge is 2.43. The molecule has 1 heterocycles. The number of rotatable bonds is 7. The Labute approximate surface area is 171 Å². The molecule has 1 fully saturated rings. The van der Waals surface area contributed by atoms with E-state index in [-0.39, 0.29) is 30.1 Å². The number of nitrogens with two attached hydrogens (primary N) is 1. The van der Waals surface area contributed by atoms with Gasteiger partial charge in [-0.25, -0.2) is 23.7 Å². The largest absolute Gasteiger partial charge is 0.463 e. The number of halogens is 2. The third-order valence-corrected chi connectivity index (χ3v) is 4.20. The Morgan fingerprint density at radius 1 is 1.40 bits per heavy atom. The third kappa shape index (κ3) is 5.41. The van der Waals surface area contributed by atoms with Crippen molar-refractivity contribution in [1.29, 1.82) is 0 Å². The normalized spacial score (nSPS) is 17.5. The maximum absolute atomic E-state index is 14.2. The number of amides is 1.